The second-order valence-corrected chi connectivity index (χ2v) is 7.89. The Labute approximate surface area is 186 Å². The SMILES string of the molecule is COc1ccc(OCc2nnc(SCC(=O)Nc3nncs3)n2-c2ccccc2)cc1. The molecule has 9 nitrogen and oxygen atoms in total. The van der Waals surface area contributed by atoms with Crippen LogP contribution in [0.1, 0.15) is 5.82 Å². The molecule has 158 valence electrons. The first-order chi connectivity index (χ1) is 15.2. The zero-order valence-corrected chi connectivity index (χ0v) is 18.1. The van der Waals surface area contributed by atoms with Gasteiger partial charge in [-0.25, -0.2) is 0 Å². The number of hydrogen-bond acceptors (Lipinski definition) is 9. The molecular formula is C20H18N6O3S2. The third-order valence-electron chi connectivity index (χ3n) is 4.08. The smallest absolute Gasteiger partial charge is 0.236 e. The molecule has 0 fully saturated rings. The van der Waals surface area contributed by atoms with Crippen molar-refractivity contribution in [2.45, 2.75) is 11.8 Å². The van der Waals surface area contributed by atoms with Crippen molar-refractivity contribution in [1.82, 2.24) is 25.0 Å². The van der Waals surface area contributed by atoms with Crippen LogP contribution in [0, 0.1) is 0 Å². The zero-order chi connectivity index (χ0) is 21.5. The Balaban J connectivity index is 1.49. The van der Waals surface area contributed by atoms with Gasteiger partial charge in [0.25, 0.3) is 0 Å². The molecule has 1 N–H and O–H groups in total. The number of anilines is 1. The summed E-state index contributed by atoms with van der Waals surface area (Å²) in [5, 5.41) is 19.8. The predicted molar refractivity (Wildman–Crippen MR) is 118 cm³/mol. The van der Waals surface area contributed by atoms with Gasteiger partial charge in [-0.3, -0.25) is 14.7 Å². The molecule has 0 saturated heterocycles. The van der Waals surface area contributed by atoms with Crippen LogP contribution in [0.5, 0.6) is 11.5 Å². The number of methoxy groups -OCH3 is 1. The quantitative estimate of drug-likeness (QED) is 0.384. The van der Waals surface area contributed by atoms with Crippen molar-refractivity contribution < 1.29 is 14.3 Å². The van der Waals surface area contributed by atoms with Gasteiger partial charge < -0.3 is 9.47 Å². The van der Waals surface area contributed by atoms with Gasteiger partial charge in [0.15, 0.2) is 11.0 Å². The molecule has 0 atom stereocenters. The van der Waals surface area contributed by atoms with Crippen LogP contribution < -0.4 is 14.8 Å². The van der Waals surface area contributed by atoms with E-state index in [1.54, 1.807) is 12.6 Å². The monoisotopic (exact) mass is 454 g/mol. The maximum absolute atomic E-state index is 12.2. The van der Waals surface area contributed by atoms with Crippen LogP contribution in [0.4, 0.5) is 5.13 Å². The van der Waals surface area contributed by atoms with Gasteiger partial charge in [0.1, 0.15) is 23.6 Å². The molecule has 4 aromatic rings. The van der Waals surface area contributed by atoms with Gasteiger partial charge in [0, 0.05) is 5.69 Å². The lowest BCUT2D eigenvalue weighted by atomic mass is 10.3. The highest BCUT2D eigenvalue weighted by atomic mass is 32.2. The Hall–Kier alpha value is -3.44. The molecule has 1 amide bonds. The van der Waals surface area contributed by atoms with E-state index in [4.69, 9.17) is 9.47 Å². The van der Waals surface area contributed by atoms with Crippen molar-refractivity contribution in [3.8, 4) is 17.2 Å². The minimum atomic E-state index is -0.194. The molecule has 0 aliphatic heterocycles. The average Bonchev–Trinajstić information content (AvgIpc) is 3.47. The third-order valence-corrected chi connectivity index (χ3v) is 5.62. The zero-order valence-electron chi connectivity index (χ0n) is 16.5. The predicted octanol–water partition coefficient (Wildman–Crippen LogP) is 3.44. The van der Waals surface area contributed by atoms with E-state index in [1.807, 2.05) is 59.2 Å². The normalized spacial score (nSPS) is 10.6. The van der Waals surface area contributed by atoms with Crippen LogP contribution in [-0.4, -0.2) is 43.7 Å². The second-order valence-electron chi connectivity index (χ2n) is 6.11. The maximum Gasteiger partial charge on any atom is 0.236 e. The highest BCUT2D eigenvalue weighted by molar-refractivity contribution is 7.99. The van der Waals surface area contributed by atoms with Crippen molar-refractivity contribution in [2.24, 2.45) is 0 Å². The van der Waals surface area contributed by atoms with Crippen LogP contribution in [-0.2, 0) is 11.4 Å². The molecule has 0 bridgehead atoms. The van der Waals surface area contributed by atoms with Gasteiger partial charge in [-0.2, -0.15) is 0 Å². The summed E-state index contributed by atoms with van der Waals surface area (Å²) in [6, 6.07) is 17.0. The summed E-state index contributed by atoms with van der Waals surface area (Å²) in [5.41, 5.74) is 2.44. The number of para-hydroxylation sites is 1. The molecule has 0 radical (unpaired) electrons. The summed E-state index contributed by atoms with van der Waals surface area (Å²) in [6.45, 7) is 0.214. The average molecular weight is 455 g/mol. The molecule has 0 aliphatic rings. The first-order valence-corrected chi connectivity index (χ1v) is 11.0. The number of hydrogen-bond donors (Lipinski definition) is 1. The highest BCUT2D eigenvalue weighted by Crippen LogP contribution is 2.24. The van der Waals surface area contributed by atoms with Crippen molar-refractivity contribution >= 4 is 34.1 Å². The van der Waals surface area contributed by atoms with E-state index in [1.165, 1.54) is 23.1 Å². The molecule has 0 saturated carbocycles. The fourth-order valence-electron chi connectivity index (χ4n) is 2.66. The Morgan fingerprint density at radius 2 is 1.84 bits per heavy atom. The Kier molecular flexibility index (Phi) is 6.75. The van der Waals surface area contributed by atoms with Gasteiger partial charge in [-0.15, -0.1) is 20.4 Å². The fourth-order valence-corrected chi connectivity index (χ4v) is 3.89. The topological polar surface area (TPSA) is 104 Å². The summed E-state index contributed by atoms with van der Waals surface area (Å²) in [5.74, 6) is 2.03. The standard InChI is InChI=1S/C20H18N6O3S2/c1-28-15-7-9-16(10-8-15)29-11-17-23-25-20(26(17)14-5-3-2-4-6-14)30-12-18(27)22-19-24-21-13-31-19/h2-10,13H,11-12H2,1H3,(H,22,24,27). The Morgan fingerprint density at radius 3 is 2.55 bits per heavy atom. The fraction of sp³-hybridized carbons (Fsp3) is 0.150. The molecule has 0 spiro atoms. The van der Waals surface area contributed by atoms with Gasteiger partial charge >= 0.3 is 0 Å². The summed E-state index contributed by atoms with van der Waals surface area (Å²) in [6.07, 6.45) is 0. The number of aromatic nitrogens is 5. The molecule has 0 aliphatic carbocycles. The van der Waals surface area contributed by atoms with E-state index >= 15 is 0 Å². The highest BCUT2D eigenvalue weighted by Gasteiger charge is 2.17. The summed E-state index contributed by atoms with van der Waals surface area (Å²) in [4.78, 5) is 12.2. The van der Waals surface area contributed by atoms with Gasteiger partial charge in [-0.05, 0) is 36.4 Å². The maximum atomic E-state index is 12.2. The van der Waals surface area contributed by atoms with E-state index in [0.29, 0.717) is 21.9 Å². The molecule has 2 aromatic carbocycles. The molecule has 0 unspecified atom stereocenters. The van der Waals surface area contributed by atoms with Crippen LogP contribution in [0.2, 0.25) is 0 Å². The molecular weight excluding hydrogens is 436 g/mol. The number of carbonyl (C=O) groups is 1. The molecule has 11 heteroatoms. The number of nitrogens with one attached hydrogen (secondary N) is 1. The van der Waals surface area contributed by atoms with Gasteiger partial charge in [-0.1, -0.05) is 41.3 Å². The number of rotatable bonds is 9. The molecule has 31 heavy (non-hydrogen) atoms. The largest absolute Gasteiger partial charge is 0.497 e. The van der Waals surface area contributed by atoms with Gasteiger partial charge in [0.05, 0.1) is 12.9 Å². The number of carbonyl (C=O) groups excluding carboxylic acids is 1. The Morgan fingerprint density at radius 1 is 1.06 bits per heavy atom. The van der Waals surface area contributed by atoms with Crippen LogP contribution in [0.3, 0.4) is 0 Å². The van der Waals surface area contributed by atoms with E-state index in [9.17, 15) is 4.79 Å². The second kappa shape index (κ2) is 10.0. The lowest BCUT2D eigenvalue weighted by molar-refractivity contribution is -0.113. The Bertz CT molecular complexity index is 1120. The van der Waals surface area contributed by atoms with Crippen LogP contribution >= 0.6 is 23.1 Å². The molecule has 2 aromatic heterocycles. The lowest BCUT2D eigenvalue weighted by Gasteiger charge is -2.11. The molecule has 2 heterocycles. The third kappa shape index (κ3) is 5.38. The summed E-state index contributed by atoms with van der Waals surface area (Å²) < 4.78 is 12.9. The van der Waals surface area contributed by atoms with Crippen molar-refractivity contribution in [3.05, 3.63) is 65.9 Å². The molecule has 4 rings (SSSR count). The van der Waals surface area contributed by atoms with Crippen LogP contribution in [0.15, 0.2) is 65.3 Å². The number of benzene rings is 2. The van der Waals surface area contributed by atoms with Crippen molar-refractivity contribution in [2.75, 3.05) is 18.2 Å². The first-order valence-electron chi connectivity index (χ1n) is 9.18. The van der Waals surface area contributed by atoms with E-state index in [2.05, 4.69) is 25.7 Å². The summed E-state index contributed by atoms with van der Waals surface area (Å²) >= 11 is 2.54. The van der Waals surface area contributed by atoms with Crippen LogP contribution in [0.25, 0.3) is 5.69 Å². The first kappa shape index (κ1) is 20.8. The number of amides is 1. The number of nitrogens with zero attached hydrogens (tertiary/aromatic N) is 5. The minimum absolute atomic E-state index is 0.157. The van der Waals surface area contributed by atoms with E-state index in [-0.39, 0.29) is 18.3 Å². The lowest BCUT2D eigenvalue weighted by Crippen LogP contribution is -2.14. The minimum Gasteiger partial charge on any atom is -0.497 e. The number of ether oxygens (including phenoxy) is 2. The van der Waals surface area contributed by atoms with Gasteiger partial charge in [0.2, 0.25) is 11.0 Å². The van der Waals surface area contributed by atoms with E-state index in [0.717, 1.165) is 11.4 Å². The van der Waals surface area contributed by atoms with Crippen molar-refractivity contribution in [1.29, 1.82) is 0 Å². The summed E-state index contributed by atoms with van der Waals surface area (Å²) in [7, 11) is 1.62. The number of thioether (sulfide) groups is 1. The van der Waals surface area contributed by atoms with E-state index < -0.39 is 0 Å². The van der Waals surface area contributed by atoms with Crippen molar-refractivity contribution in [3.63, 3.8) is 0 Å².